The predicted octanol–water partition coefficient (Wildman–Crippen LogP) is 1.76. The SMILES string of the molecule is C=CCc1cc(-c2c(C(=O)O)c(N)[nH]c(=O)c2C(=O)O)ccc1OC. The second kappa shape index (κ2) is 6.91. The quantitative estimate of drug-likeness (QED) is 0.585. The Labute approximate surface area is 142 Å². The molecule has 0 bridgehead atoms. The van der Waals surface area contributed by atoms with E-state index in [-0.39, 0.29) is 11.1 Å². The van der Waals surface area contributed by atoms with Gasteiger partial charge in [0.1, 0.15) is 22.7 Å². The maximum atomic E-state index is 12.0. The molecule has 2 aromatic rings. The van der Waals surface area contributed by atoms with E-state index >= 15 is 0 Å². The predicted molar refractivity (Wildman–Crippen MR) is 91.3 cm³/mol. The maximum absolute atomic E-state index is 12.0. The number of nitrogen functional groups attached to an aromatic ring is 1. The first-order valence-electron chi connectivity index (χ1n) is 7.12. The Balaban J connectivity index is 2.92. The van der Waals surface area contributed by atoms with Crippen LogP contribution in [-0.2, 0) is 6.42 Å². The highest BCUT2D eigenvalue weighted by Crippen LogP contribution is 2.32. The molecule has 0 amide bonds. The van der Waals surface area contributed by atoms with Gasteiger partial charge in [-0.2, -0.15) is 0 Å². The van der Waals surface area contributed by atoms with Crippen molar-refractivity contribution >= 4 is 17.8 Å². The van der Waals surface area contributed by atoms with Gasteiger partial charge in [-0.05, 0) is 29.7 Å². The van der Waals surface area contributed by atoms with Crippen molar-refractivity contribution in [3.8, 4) is 16.9 Å². The second-order valence-electron chi connectivity index (χ2n) is 5.12. The number of aromatic carboxylic acids is 2. The van der Waals surface area contributed by atoms with Gasteiger partial charge in [-0.25, -0.2) is 9.59 Å². The second-order valence-corrected chi connectivity index (χ2v) is 5.12. The number of carboxylic acids is 2. The third-order valence-electron chi connectivity index (χ3n) is 3.61. The zero-order chi connectivity index (χ0) is 18.7. The van der Waals surface area contributed by atoms with Crippen molar-refractivity contribution in [2.75, 3.05) is 12.8 Å². The summed E-state index contributed by atoms with van der Waals surface area (Å²) in [6.07, 6.45) is 2.02. The summed E-state index contributed by atoms with van der Waals surface area (Å²) in [6, 6.07) is 4.58. The number of carbonyl (C=O) groups is 2. The van der Waals surface area contributed by atoms with Crippen molar-refractivity contribution in [3.05, 3.63) is 57.9 Å². The number of H-pyrrole nitrogens is 1. The number of methoxy groups -OCH3 is 1. The molecule has 2 rings (SSSR count). The molecule has 5 N–H and O–H groups in total. The van der Waals surface area contributed by atoms with Crippen LogP contribution in [-0.4, -0.2) is 34.2 Å². The molecule has 0 saturated heterocycles. The van der Waals surface area contributed by atoms with Gasteiger partial charge in [0.05, 0.1) is 7.11 Å². The summed E-state index contributed by atoms with van der Waals surface area (Å²) in [4.78, 5) is 37.2. The van der Waals surface area contributed by atoms with E-state index in [2.05, 4.69) is 11.6 Å². The normalized spacial score (nSPS) is 10.3. The van der Waals surface area contributed by atoms with Crippen molar-refractivity contribution in [2.24, 2.45) is 0 Å². The van der Waals surface area contributed by atoms with E-state index in [1.165, 1.54) is 13.2 Å². The summed E-state index contributed by atoms with van der Waals surface area (Å²) >= 11 is 0. The number of benzene rings is 1. The minimum atomic E-state index is -1.56. The Hall–Kier alpha value is -3.55. The van der Waals surface area contributed by atoms with Crippen molar-refractivity contribution in [1.29, 1.82) is 0 Å². The zero-order valence-electron chi connectivity index (χ0n) is 13.3. The third-order valence-corrected chi connectivity index (χ3v) is 3.61. The maximum Gasteiger partial charge on any atom is 0.342 e. The molecule has 0 saturated carbocycles. The summed E-state index contributed by atoms with van der Waals surface area (Å²) in [6.45, 7) is 3.63. The van der Waals surface area contributed by atoms with Gasteiger partial charge in [0.25, 0.3) is 5.56 Å². The average molecular weight is 344 g/mol. The molecule has 0 unspecified atom stereocenters. The smallest absolute Gasteiger partial charge is 0.342 e. The van der Waals surface area contributed by atoms with E-state index in [1.807, 2.05) is 0 Å². The fraction of sp³-hybridized carbons (Fsp3) is 0.118. The molecule has 1 aromatic heterocycles. The first-order valence-corrected chi connectivity index (χ1v) is 7.12. The average Bonchev–Trinajstić information content (AvgIpc) is 2.53. The fourth-order valence-electron chi connectivity index (χ4n) is 2.58. The van der Waals surface area contributed by atoms with Crippen molar-refractivity contribution in [1.82, 2.24) is 4.98 Å². The van der Waals surface area contributed by atoms with Crippen LogP contribution in [0.2, 0.25) is 0 Å². The summed E-state index contributed by atoms with van der Waals surface area (Å²) in [7, 11) is 1.47. The molecule has 0 aliphatic carbocycles. The molecule has 0 atom stereocenters. The Bertz CT molecular complexity index is 929. The van der Waals surface area contributed by atoms with Gasteiger partial charge in [0.15, 0.2) is 0 Å². The number of carboxylic acid groups (broad SMARTS) is 2. The van der Waals surface area contributed by atoms with Crippen LogP contribution < -0.4 is 16.0 Å². The number of pyridine rings is 1. The molecule has 130 valence electrons. The van der Waals surface area contributed by atoms with Crippen LogP contribution in [0, 0.1) is 0 Å². The van der Waals surface area contributed by atoms with Crippen LogP contribution in [0.4, 0.5) is 5.82 Å². The molecule has 0 radical (unpaired) electrons. The van der Waals surface area contributed by atoms with Crippen LogP contribution in [0.25, 0.3) is 11.1 Å². The van der Waals surface area contributed by atoms with Gasteiger partial charge in [-0.1, -0.05) is 12.1 Å². The Morgan fingerprint density at radius 1 is 1.28 bits per heavy atom. The molecule has 0 aliphatic heterocycles. The lowest BCUT2D eigenvalue weighted by Crippen LogP contribution is -2.24. The first-order chi connectivity index (χ1) is 11.8. The van der Waals surface area contributed by atoms with Crippen molar-refractivity contribution in [2.45, 2.75) is 6.42 Å². The standard InChI is InChI=1S/C17H16N2O6/c1-3-4-8-7-9(5-6-10(8)25-2)11-12(16(21)22)14(18)19-15(20)13(11)17(23)24/h3,5-7H,1,4H2,2H3,(H,21,22)(H,23,24)(H3,18,19,20). The largest absolute Gasteiger partial charge is 0.496 e. The highest BCUT2D eigenvalue weighted by molar-refractivity contribution is 6.07. The molecule has 0 aliphatic rings. The third kappa shape index (κ3) is 3.23. The molecular formula is C17H16N2O6. The van der Waals surface area contributed by atoms with Gasteiger partial charge in [-0.3, -0.25) is 4.79 Å². The number of aromatic amines is 1. The Kier molecular flexibility index (Phi) is 4.92. The highest BCUT2D eigenvalue weighted by Gasteiger charge is 2.26. The van der Waals surface area contributed by atoms with Crippen molar-refractivity contribution in [3.63, 3.8) is 0 Å². The van der Waals surface area contributed by atoms with Crippen LogP contribution in [0.5, 0.6) is 5.75 Å². The number of ether oxygens (including phenoxy) is 1. The zero-order valence-corrected chi connectivity index (χ0v) is 13.3. The minimum Gasteiger partial charge on any atom is -0.496 e. The van der Waals surface area contributed by atoms with Crippen LogP contribution in [0.3, 0.4) is 0 Å². The summed E-state index contributed by atoms with van der Waals surface area (Å²) in [5, 5.41) is 18.8. The topological polar surface area (TPSA) is 143 Å². The van der Waals surface area contributed by atoms with E-state index in [1.54, 1.807) is 18.2 Å². The Morgan fingerprint density at radius 3 is 2.44 bits per heavy atom. The fourth-order valence-corrected chi connectivity index (χ4v) is 2.58. The number of anilines is 1. The van der Waals surface area contributed by atoms with Crippen LogP contribution >= 0.6 is 0 Å². The number of nitrogens with two attached hydrogens (primary N) is 1. The molecule has 8 heteroatoms. The minimum absolute atomic E-state index is 0.227. The number of hydrogen-bond donors (Lipinski definition) is 4. The van der Waals surface area contributed by atoms with Gasteiger partial charge in [-0.15, -0.1) is 6.58 Å². The number of nitrogens with one attached hydrogen (secondary N) is 1. The summed E-state index contributed by atoms with van der Waals surface area (Å²) < 4.78 is 5.22. The molecule has 1 heterocycles. The van der Waals surface area contributed by atoms with Gasteiger partial charge < -0.3 is 25.7 Å². The lowest BCUT2D eigenvalue weighted by atomic mass is 9.93. The van der Waals surface area contributed by atoms with Gasteiger partial charge in [0.2, 0.25) is 0 Å². The van der Waals surface area contributed by atoms with Crippen LogP contribution in [0.15, 0.2) is 35.6 Å². The van der Waals surface area contributed by atoms with Gasteiger partial charge >= 0.3 is 11.9 Å². The van der Waals surface area contributed by atoms with Gasteiger partial charge in [0, 0.05) is 5.56 Å². The summed E-state index contributed by atoms with van der Waals surface area (Å²) in [5.74, 6) is -2.90. The molecular weight excluding hydrogens is 328 g/mol. The van der Waals surface area contributed by atoms with Crippen molar-refractivity contribution < 1.29 is 24.5 Å². The van der Waals surface area contributed by atoms with E-state index < -0.39 is 34.4 Å². The molecule has 0 fully saturated rings. The Morgan fingerprint density at radius 2 is 1.92 bits per heavy atom. The number of hydrogen-bond acceptors (Lipinski definition) is 5. The van der Waals surface area contributed by atoms with E-state index in [0.717, 1.165) is 0 Å². The highest BCUT2D eigenvalue weighted by atomic mass is 16.5. The van der Waals surface area contributed by atoms with E-state index in [4.69, 9.17) is 10.5 Å². The molecule has 8 nitrogen and oxygen atoms in total. The lowest BCUT2D eigenvalue weighted by Gasteiger charge is -2.14. The van der Waals surface area contributed by atoms with E-state index in [9.17, 15) is 24.6 Å². The monoisotopic (exact) mass is 344 g/mol. The molecule has 0 spiro atoms. The first kappa shape index (κ1) is 17.8. The van der Waals surface area contributed by atoms with E-state index in [0.29, 0.717) is 17.7 Å². The summed E-state index contributed by atoms with van der Waals surface area (Å²) in [5.41, 5.74) is 4.08. The number of aromatic nitrogens is 1. The number of rotatable bonds is 6. The molecule has 25 heavy (non-hydrogen) atoms. The number of allylic oxidation sites excluding steroid dienone is 1. The van der Waals surface area contributed by atoms with Crippen LogP contribution in [0.1, 0.15) is 26.3 Å². The molecule has 1 aromatic carbocycles. The lowest BCUT2D eigenvalue weighted by molar-refractivity contribution is 0.0695.